The maximum atomic E-state index is 13.1. The van der Waals surface area contributed by atoms with E-state index in [-0.39, 0.29) is 23.9 Å². The molecule has 0 spiro atoms. The Bertz CT molecular complexity index is 1200. The van der Waals surface area contributed by atoms with Crippen molar-refractivity contribution in [2.24, 2.45) is 0 Å². The van der Waals surface area contributed by atoms with Crippen LogP contribution in [0.1, 0.15) is 61.5 Å². The zero-order chi connectivity index (χ0) is 25.1. The first-order valence-electron chi connectivity index (χ1n) is 11.1. The topological polar surface area (TPSA) is 84.2 Å². The van der Waals surface area contributed by atoms with Crippen molar-refractivity contribution in [3.63, 3.8) is 0 Å². The summed E-state index contributed by atoms with van der Waals surface area (Å²) in [6, 6.07) is 9.64. The molecule has 9 heteroatoms. The third-order valence-corrected chi connectivity index (χ3v) is 6.13. The molecule has 0 aliphatic carbocycles. The molecule has 2 N–H and O–H groups in total. The number of alkyl halides is 3. The zero-order valence-corrected chi connectivity index (χ0v) is 19.4. The lowest BCUT2D eigenvalue weighted by molar-refractivity contribution is -0.137. The molecular formula is C25H28F3N3O3. The number of hydrogen-bond acceptors (Lipinski definition) is 4. The van der Waals surface area contributed by atoms with Crippen LogP contribution in [0.15, 0.2) is 42.5 Å². The van der Waals surface area contributed by atoms with Crippen molar-refractivity contribution < 1.29 is 27.9 Å². The maximum absolute atomic E-state index is 13.1. The number of benzene rings is 2. The molecule has 0 bridgehead atoms. The largest absolute Gasteiger partial charge is 0.416 e. The second kappa shape index (κ2) is 9.97. The van der Waals surface area contributed by atoms with Gasteiger partial charge in [-0.1, -0.05) is 25.5 Å². The summed E-state index contributed by atoms with van der Waals surface area (Å²) in [7, 11) is 0. The Labute approximate surface area is 195 Å². The maximum Gasteiger partial charge on any atom is 0.416 e. The van der Waals surface area contributed by atoms with Gasteiger partial charge in [-0.2, -0.15) is 13.2 Å². The van der Waals surface area contributed by atoms with Crippen molar-refractivity contribution in [1.82, 2.24) is 9.55 Å². The molecule has 1 atom stereocenters. The van der Waals surface area contributed by atoms with Crippen LogP contribution in [0.25, 0.3) is 11.0 Å². The number of halogens is 3. The zero-order valence-electron chi connectivity index (χ0n) is 19.4. The smallest absolute Gasteiger partial charge is 0.396 e. The number of aliphatic hydroxyl groups is 1. The van der Waals surface area contributed by atoms with E-state index in [0.29, 0.717) is 30.4 Å². The SMILES string of the molecule is CCCC(C)(C(C)=O)c1ccc2c(c1)nc(NC(=O)c1cccc(C(F)(F)F)c1)n2CCCO. The first-order chi connectivity index (χ1) is 16.0. The van der Waals surface area contributed by atoms with Crippen LogP contribution < -0.4 is 5.32 Å². The fraction of sp³-hybridized carbons (Fsp3) is 0.400. The van der Waals surface area contributed by atoms with Crippen LogP contribution in [0.3, 0.4) is 0 Å². The van der Waals surface area contributed by atoms with Gasteiger partial charge >= 0.3 is 6.18 Å². The minimum Gasteiger partial charge on any atom is -0.396 e. The quantitative estimate of drug-likeness (QED) is 0.438. The Morgan fingerprint density at radius 1 is 1.12 bits per heavy atom. The molecule has 34 heavy (non-hydrogen) atoms. The molecule has 3 rings (SSSR count). The number of amides is 1. The fourth-order valence-corrected chi connectivity index (χ4v) is 4.06. The molecule has 0 fully saturated rings. The van der Waals surface area contributed by atoms with Gasteiger partial charge in [-0.15, -0.1) is 0 Å². The average molecular weight is 476 g/mol. The number of nitrogens with one attached hydrogen (secondary N) is 1. The first-order valence-corrected chi connectivity index (χ1v) is 11.1. The summed E-state index contributed by atoms with van der Waals surface area (Å²) in [4.78, 5) is 29.7. The van der Waals surface area contributed by atoms with E-state index in [1.165, 1.54) is 12.1 Å². The predicted octanol–water partition coefficient (Wildman–Crippen LogP) is 5.34. The number of aromatic nitrogens is 2. The molecule has 0 saturated heterocycles. The van der Waals surface area contributed by atoms with Gasteiger partial charge < -0.3 is 9.67 Å². The lowest BCUT2D eigenvalue weighted by atomic mass is 9.75. The van der Waals surface area contributed by atoms with Gasteiger partial charge in [0.2, 0.25) is 5.95 Å². The van der Waals surface area contributed by atoms with E-state index < -0.39 is 23.1 Å². The number of aliphatic hydroxyl groups excluding tert-OH is 1. The number of aryl methyl sites for hydroxylation is 1. The van der Waals surface area contributed by atoms with E-state index in [0.717, 1.165) is 24.1 Å². The minimum absolute atomic E-state index is 0.0338. The molecule has 1 amide bonds. The van der Waals surface area contributed by atoms with E-state index in [2.05, 4.69) is 10.3 Å². The average Bonchev–Trinajstić information content (AvgIpc) is 3.13. The summed E-state index contributed by atoms with van der Waals surface area (Å²) in [5.74, 6) is -0.541. The number of Topliss-reactive ketones (excluding diaryl/α,β-unsaturated/α-hetero) is 1. The molecule has 3 aromatic rings. The number of ketones is 1. The van der Waals surface area contributed by atoms with E-state index in [9.17, 15) is 27.9 Å². The lowest BCUT2D eigenvalue weighted by Gasteiger charge is -2.27. The van der Waals surface area contributed by atoms with Crippen molar-refractivity contribution in [3.8, 4) is 0 Å². The van der Waals surface area contributed by atoms with Crippen molar-refractivity contribution >= 4 is 28.7 Å². The molecule has 1 heterocycles. The van der Waals surface area contributed by atoms with Gasteiger partial charge in [0.05, 0.1) is 22.0 Å². The molecule has 2 aromatic carbocycles. The van der Waals surface area contributed by atoms with E-state index in [1.807, 2.05) is 32.0 Å². The van der Waals surface area contributed by atoms with Crippen molar-refractivity contribution in [1.29, 1.82) is 0 Å². The Morgan fingerprint density at radius 2 is 1.85 bits per heavy atom. The van der Waals surface area contributed by atoms with Gasteiger partial charge in [-0.25, -0.2) is 4.98 Å². The summed E-state index contributed by atoms with van der Waals surface area (Å²) in [5, 5.41) is 11.9. The van der Waals surface area contributed by atoms with E-state index in [4.69, 9.17) is 0 Å². The molecule has 1 aromatic heterocycles. The molecule has 0 aliphatic rings. The fourth-order valence-electron chi connectivity index (χ4n) is 4.06. The lowest BCUT2D eigenvalue weighted by Crippen LogP contribution is -2.30. The van der Waals surface area contributed by atoms with Gasteiger partial charge in [-0.05, 0) is 62.6 Å². The van der Waals surface area contributed by atoms with Crippen LogP contribution in [-0.4, -0.2) is 33.0 Å². The number of nitrogens with zero attached hydrogens (tertiary/aromatic N) is 2. The first kappa shape index (κ1) is 25.4. The number of imidazole rings is 1. The van der Waals surface area contributed by atoms with Gasteiger partial charge in [0.25, 0.3) is 5.91 Å². The van der Waals surface area contributed by atoms with Crippen LogP contribution in [0.5, 0.6) is 0 Å². The Balaban J connectivity index is 2.03. The van der Waals surface area contributed by atoms with Crippen LogP contribution in [-0.2, 0) is 22.9 Å². The van der Waals surface area contributed by atoms with Crippen molar-refractivity contribution in [2.75, 3.05) is 11.9 Å². The van der Waals surface area contributed by atoms with E-state index >= 15 is 0 Å². The monoisotopic (exact) mass is 475 g/mol. The van der Waals surface area contributed by atoms with Gasteiger partial charge in [0.15, 0.2) is 0 Å². The second-order valence-electron chi connectivity index (χ2n) is 8.54. The summed E-state index contributed by atoms with van der Waals surface area (Å²) < 4.78 is 40.9. The van der Waals surface area contributed by atoms with Crippen LogP contribution in [0, 0.1) is 0 Å². The number of fused-ring (bicyclic) bond motifs is 1. The highest BCUT2D eigenvalue weighted by molar-refractivity contribution is 6.04. The van der Waals surface area contributed by atoms with Gasteiger partial charge in [0.1, 0.15) is 5.78 Å². The number of hydrogen-bond donors (Lipinski definition) is 2. The highest BCUT2D eigenvalue weighted by Crippen LogP contribution is 2.33. The highest BCUT2D eigenvalue weighted by Gasteiger charge is 2.32. The van der Waals surface area contributed by atoms with E-state index in [1.54, 1.807) is 11.5 Å². The predicted molar refractivity (Wildman–Crippen MR) is 124 cm³/mol. The normalized spacial score (nSPS) is 13.6. The Hall–Kier alpha value is -3.20. The molecule has 0 aliphatic heterocycles. The van der Waals surface area contributed by atoms with Crippen LogP contribution >= 0.6 is 0 Å². The molecular weight excluding hydrogens is 447 g/mol. The van der Waals surface area contributed by atoms with Crippen LogP contribution in [0.4, 0.5) is 19.1 Å². The second-order valence-corrected chi connectivity index (χ2v) is 8.54. The summed E-state index contributed by atoms with van der Waals surface area (Å²) in [5.41, 5.74) is 0.273. The third kappa shape index (κ3) is 5.14. The summed E-state index contributed by atoms with van der Waals surface area (Å²) in [6.45, 7) is 5.70. The number of rotatable bonds is 9. The Kier molecular flexibility index (Phi) is 7.45. The highest BCUT2D eigenvalue weighted by atomic mass is 19.4. The summed E-state index contributed by atoms with van der Waals surface area (Å²) >= 11 is 0. The van der Waals surface area contributed by atoms with Crippen molar-refractivity contribution in [2.45, 2.75) is 58.2 Å². The molecule has 0 saturated carbocycles. The molecule has 182 valence electrons. The minimum atomic E-state index is -4.57. The van der Waals surface area contributed by atoms with Crippen molar-refractivity contribution in [3.05, 3.63) is 59.2 Å². The molecule has 1 unspecified atom stereocenters. The summed E-state index contributed by atoms with van der Waals surface area (Å²) in [6.07, 6.45) is -2.70. The number of carbonyl (C=O) groups excluding carboxylic acids is 2. The third-order valence-electron chi connectivity index (χ3n) is 6.13. The number of anilines is 1. The van der Waals surface area contributed by atoms with Crippen LogP contribution in [0.2, 0.25) is 0 Å². The molecule has 6 nitrogen and oxygen atoms in total. The van der Waals surface area contributed by atoms with Gasteiger partial charge in [0, 0.05) is 18.7 Å². The number of carbonyl (C=O) groups is 2. The standard InChI is InChI=1S/C25H28F3N3O3/c1-4-11-24(3,16(2)33)18-9-10-21-20(15-18)29-23(31(21)12-6-13-32)30-22(34)17-7-5-8-19(14-17)25(26,27)28/h5,7-10,14-15,32H,4,6,11-13H2,1-3H3,(H,29,30,34). The Morgan fingerprint density at radius 3 is 2.47 bits per heavy atom. The van der Waals surface area contributed by atoms with Gasteiger partial charge in [-0.3, -0.25) is 14.9 Å². The molecule has 0 radical (unpaired) electrons.